The molecule has 0 amide bonds. The highest BCUT2D eigenvalue weighted by Gasteiger charge is 2.29. The summed E-state index contributed by atoms with van der Waals surface area (Å²) in [4.78, 5) is 11.9. The summed E-state index contributed by atoms with van der Waals surface area (Å²) in [5, 5.41) is 2.09. The van der Waals surface area contributed by atoms with Crippen molar-refractivity contribution in [3.63, 3.8) is 0 Å². The van der Waals surface area contributed by atoms with E-state index in [1.54, 1.807) is 0 Å². The van der Waals surface area contributed by atoms with E-state index in [-0.39, 0.29) is 0 Å². The zero-order valence-electron chi connectivity index (χ0n) is 11.0. The van der Waals surface area contributed by atoms with Crippen molar-refractivity contribution in [3.05, 3.63) is 22.8 Å². The first-order valence-corrected chi connectivity index (χ1v) is 7.73. The summed E-state index contributed by atoms with van der Waals surface area (Å²) in [5.41, 5.74) is 4.87. The number of aromatic nitrogens is 3. The minimum Gasteiger partial charge on any atom is -0.338 e. The number of nitrogens with zero attached hydrogens (tertiary/aromatic N) is 4. The topological polar surface area (TPSA) is 41.9 Å². The molecule has 1 saturated heterocycles. The Labute approximate surface area is 116 Å². The molecule has 2 aromatic heterocycles. The highest BCUT2D eigenvalue weighted by Crippen LogP contribution is 2.34. The van der Waals surface area contributed by atoms with Gasteiger partial charge in [0, 0.05) is 34.8 Å². The Balaban J connectivity index is 1.85. The molecule has 0 radical (unpaired) electrons. The van der Waals surface area contributed by atoms with Crippen LogP contribution in [0.2, 0.25) is 0 Å². The largest absolute Gasteiger partial charge is 0.338 e. The van der Waals surface area contributed by atoms with E-state index in [9.17, 15) is 0 Å². The molecule has 19 heavy (non-hydrogen) atoms. The van der Waals surface area contributed by atoms with Crippen molar-refractivity contribution in [1.29, 1.82) is 0 Å². The molecule has 3 heterocycles. The second kappa shape index (κ2) is 4.27. The molecule has 5 heteroatoms. The lowest BCUT2D eigenvalue weighted by atomic mass is 10.1. The number of fused-ring (bicyclic) bond motifs is 1. The Morgan fingerprint density at radius 1 is 1.32 bits per heavy atom. The van der Waals surface area contributed by atoms with Gasteiger partial charge in [-0.25, -0.2) is 14.3 Å². The summed E-state index contributed by atoms with van der Waals surface area (Å²) < 4.78 is 4.22. The van der Waals surface area contributed by atoms with Crippen molar-refractivity contribution >= 4 is 17.5 Å². The maximum Gasteiger partial charge on any atom is 0.226 e. The van der Waals surface area contributed by atoms with E-state index in [2.05, 4.69) is 21.6 Å². The molecular weight excluding hydrogens is 256 g/mol. The van der Waals surface area contributed by atoms with Crippen molar-refractivity contribution < 1.29 is 0 Å². The van der Waals surface area contributed by atoms with Gasteiger partial charge in [-0.1, -0.05) is 0 Å². The van der Waals surface area contributed by atoms with Gasteiger partial charge >= 0.3 is 0 Å². The fourth-order valence-electron chi connectivity index (χ4n) is 2.92. The normalized spacial score (nSPS) is 21.3. The van der Waals surface area contributed by atoms with Crippen molar-refractivity contribution in [2.45, 2.75) is 38.6 Å². The van der Waals surface area contributed by atoms with Crippen LogP contribution in [0.15, 0.2) is 11.6 Å². The lowest BCUT2D eigenvalue weighted by Crippen LogP contribution is -2.46. The summed E-state index contributed by atoms with van der Waals surface area (Å²) in [6, 6.07) is 0.577. The molecule has 0 spiro atoms. The Morgan fingerprint density at radius 3 is 2.95 bits per heavy atom. The second-order valence-electron chi connectivity index (χ2n) is 5.40. The third kappa shape index (κ3) is 1.75. The van der Waals surface area contributed by atoms with Gasteiger partial charge in [-0.05, 0) is 44.1 Å². The highest BCUT2D eigenvalue weighted by molar-refractivity contribution is 7.03. The molecule has 98 valence electrons. The zero-order valence-corrected chi connectivity index (χ0v) is 11.8. The molecule has 0 bridgehead atoms. The standard InChI is InChI=1S/C14H16N4S/c1-9-5-6-18(9)14-16-12-4-2-3-11(12)13(17-14)10-7-15-19-8-10/h7-9H,2-6H2,1H3/t9-/m0/s1. The van der Waals surface area contributed by atoms with Gasteiger partial charge in [0.1, 0.15) is 0 Å². The van der Waals surface area contributed by atoms with Crippen LogP contribution in [0.4, 0.5) is 5.95 Å². The number of hydrogen-bond donors (Lipinski definition) is 0. The molecule has 2 aliphatic rings. The van der Waals surface area contributed by atoms with Gasteiger partial charge in [-0.3, -0.25) is 0 Å². The SMILES string of the molecule is C[C@H]1CCN1c1nc2c(c(-c3cnsc3)n1)CCC2. The number of anilines is 1. The van der Waals surface area contributed by atoms with Gasteiger partial charge in [0.2, 0.25) is 5.95 Å². The van der Waals surface area contributed by atoms with Crippen LogP contribution < -0.4 is 4.90 Å². The monoisotopic (exact) mass is 272 g/mol. The molecule has 1 atom stereocenters. The van der Waals surface area contributed by atoms with Crippen LogP contribution in [0, 0.1) is 0 Å². The smallest absolute Gasteiger partial charge is 0.226 e. The predicted molar refractivity (Wildman–Crippen MR) is 76.6 cm³/mol. The molecular formula is C14H16N4S. The summed E-state index contributed by atoms with van der Waals surface area (Å²) in [6.45, 7) is 3.33. The Kier molecular flexibility index (Phi) is 2.55. The minimum atomic E-state index is 0.577. The Hall–Kier alpha value is -1.49. The quantitative estimate of drug-likeness (QED) is 0.843. The summed E-state index contributed by atoms with van der Waals surface area (Å²) in [5.74, 6) is 0.917. The molecule has 1 aliphatic carbocycles. The molecule has 0 saturated carbocycles. The van der Waals surface area contributed by atoms with E-state index < -0.39 is 0 Å². The van der Waals surface area contributed by atoms with Crippen LogP contribution in [-0.4, -0.2) is 26.9 Å². The van der Waals surface area contributed by atoms with Gasteiger partial charge in [0.25, 0.3) is 0 Å². The van der Waals surface area contributed by atoms with Crippen LogP contribution in [-0.2, 0) is 12.8 Å². The number of rotatable bonds is 2. The van der Waals surface area contributed by atoms with Crippen LogP contribution in [0.1, 0.15) is 31.0 Å². The third-order valence-corrected chi connectivity index (χ3v) is 4.79. The second-order valence-corrected chi connectivity index (χ2v) is 6.05. The molecule has 0 unspecified atom stereocenters. The fourth-order valence-corrected chi connectivity index (χ4v) is 3.44. The molecule has 1 fully saturated rings. The van der Waals surface area contributed by atoms with Gasteiger partial charge in [0.05, 0.1) is 11.9 Å². The van der Waals surface area contributed by atoms with E-state index in [1.807, 2.05) is 6.20 Å². The molecule has 0 aromatic carbocycles. The fraction of sp³-hybridized carbons (Fsp3) is 0.500. The third-order valence-electron chi connectivity index (χ3n) is 4.20. The summed E-state index contributed by atoms with van der Waals surface area (Å²) in [7, 11) is 0. The molecule has 4 nitrogen and oxygen atoms in total. The van der Waals surface area contributed by atoms with E-state index in [4.69, 9.17) is 9.97 Å². The summed E-state index contributed by atoms with van der Waals surface area (Å²) in [6.07, 6.45) is 6.58. The molecule has 2 aromatic rings. The van der Waals surface area contributed by atoms with Crippen molar-refractivity contribution in [3.8, 4) is 11.3 Å². The van der Waals surface area contributed by atoms with Crippen LogP contribution in [0.3, 0.4) is 0 Å². The van der Waals surface area contributed by atoms with Crippen LogP contribution in [0.25, 0.3) is 11.3 Å². The number of aryl methyl sites for hydroxylation is 1. The van der Waals surface area contributed by atoms with Crippen LogP contribution in [0.5, 0.6) is 0 Å². The lowest BCUT2D eigenvalue weighted by molar-refractivity contribution is 0.470. The van der Waals surface area contributed by atoms with Crippen molar-refractivity contribution in [2.75, 3.05) is 11.4 Å². The van der Waals surface area contributed by atoms with E-state index in [0.29, 0.717) is 6.04 Å². The van der Waals surface area contributed by atoms with Gasteiger partial charge in [-0.15, -0.1) is 0 Å². The van der Waals surface area contributed by atoms with Gasteiger partial charge in [-0.2, -0.15) is 0 Å². The van der Waals surface area contributed by atoms with E-state index in [0.717, 1.165) is 36.6 Å². The van der Waals surface area contributed by atoms with Gasteiger partial charge in [0.15, 0.2) is 0 Å². The maximum absolute atomic E-state index is 4.84. The van der Waals surface area contributed by atoms with Crippen molar-refractivity contribution in [2.24, 2.45) is 0 Å². The zero-order chi connectivity index (χ0) is 12.8. The number of hydrogen-bond acceptors (Lipinski definition) is 5. The average molecular weight is 272 g/mol. The van der Waals surface area contributed by atoms with E-state index in [1.165, 1.54) is 35.6 Å². The molecule has 1 aliphatic heterocycles. The van der Waals surface area contributed by atoms with E-state index >= 15 is 0 Å². The molecule has 4 rings (SSSR count). The van der Waals surface area contributed by atoms with Crippen LogP contribution >= 0.6 is 11.5 Å². The molecule has 0 N–H and O–H groups in total. The minimum absolute atomic E-state index is 0.577. The Bertz CT molecular complexity index is 608. The van der Waals surface area contributed by atoms with Gasteiger partial charge < -0.3 is 4.90 Å². The first-order chi connectivity index (χ1) is 9.33. The predicted octanol–water partition coefficient (Wildman–Crippen LogP) is 2.69. The highest BCUT2D eigenvalue weighted by atomic mass is 32.1. The maximum atomic E-state index is 4.84. The van der Waals surface area contributed by atoms with Crippen molar-refractivity contribution in [1.82, 2.24) is 14.3 Å². The average Bonchev–Trinajstić information content (AvgIpc) is 3.06. The lowest BCUT2D eigenvalue weighted by Gasteiger charge is -2.39. The first kappa shape index (κ1) is 11.3. The first-order valence-electron chi connectivity index (χ1n) is 6.89. The Morgan fingerprint density at radius 2 is 2.26 bits per heavy atom. The summed E-state index contributed by atoms with van der Waals surface area (Å²) >= 11 is 1.49.